The Hall–Kier alpha value is -1.92. The van der Waals surface area contributed by atoms with Gasteiger partial charge in [-0.25, -0.2) is 4.79 Å². The minimum atomic E-state index is -0.603. The highest BCUT2D eigenvalue weighted by Crippen LogP contribution is 2.10. The lowest BCUT2D eigenvalue weighted by Crippen LogP contribution is -2.15. The van der Waals surface area contributed by atoms with Crippen LogP contribution in [0.25, 0.3) is 0 Å². The van der Waals surface area contributed by atoms with Crippen LogP contribution in [0.2, 0.25) is 0 Å². The number of aryl methyl sites for hydroxylation is 1. The molecule has 1 aromatic heterocycles. The van der Waals surface area contributed by atoms with Crippen LogP contribution in [-0.4, -0.2) is 27.3 Å². The standard InChI is InChI=1S/C8H11N3O4/c1-3-15-8(12)5-10-6(2)4-7(9-10)11(13)14/h4H,3,5H2,1-2H3. The van der Waals surface area contributed by atoms with Crippen LogP contribution in [0.3, 0.4) is 0 Å². The molecule has 7 nitrogen and oxygen atoms in total. The molecule has 0 radical (unpaired) electrons. The summed E-state index contributed by atoms with van der Waals surface area (Å²) >= 11 is 0. The Morgan fingerprint density at radius 3 is 2.87 bits per heavy atom. The first kappa shape index (κ1) is 11.2. The molecule has 1 rings (SSSR count). The van der Waals surface area contributed by atoms with Crippen molar-refractivity contribution in [3.8, 4) is 0 Å². The first-order valence-electron chi connectivity index (χ1n) is 4.39. The van der Waals surface area contributed by atoms with Crippen molar-refractivity contribution in [3.63, 3.8) is 0 Å². The van der Waals surface area contributed by atoms with Gasteiger partial charge in [0.1, 0.15) is 0 Å². The number of carbonyl (C=O) groups excluding carboxylic acids is 1. The predicted molar refractivity (Wildman–Crippen MR) is 50.3 cm³/mol. The average Bonchev–Trinajstić information content (AvgIpc) is 2.48. The average molecular weight is 213 g/mol. The molecule has 15 heavy (non-hydrogen) atoms. The summed E-state index contributed by atoms with van der Waals surface area (Å²) in [6, 6.07) is 1.30. The summed E-state index contributed by atoms with van der Waals surface area (Å²) in [7, 11) is 0. The highest BCUT2D eigenvalue weighted by molar-refractivity contribution is 5.69. The highest BCUT2D eigenvalue weighted by atomic mass is 16.6. The van der Waals surface area contributed by atoms with Crippen LogP contribution in [0.1, 0.15) is 12.6 Å². The molecule has 0 bridgehead atoms. The zero-order valence-corrected chi connectivity index (χ0v) is 8.47. The molecule has 0 atom stereocenters. The number of hydrogen-bond donors (Lipinski definition) is 0. The van der Waals surface area contributed by atoms with E-state index in [1.54, 1.807) is 13.8 Å². The molecule has 0 aliphatic heterocycles. The molecule has 0 N–H and O–H groups in total. The van der Waals surface area contributed by atoms with Gasteiger partial charge in [0.2, 0.25) is 0 Å². The van der Waals surface area contributed by atoms with Crippen molar-refractivity contribution in [3.05, 3.63) is 21.9 Å². The maximum atomic E-state index is 11.1. The molecule has 0 saturated heterocycles. The number of esters is 1. The Morgan fingerprint density at radius 1 is 1.73 bits per heavy atom. The van der Waals surface area contributed by atoms with Crippen molar-refractivity contribution in [2.24, 2.45) is 0 Å². The van der Waals surface area contributed by atoms with Gasteiger partial charge in [-0.05, 0) is 18.8 Å². The van der Waals surface area contributed by atoms with Gasteiger partial charge in [0.25, 0.3) is 0 Å². The third-order valence-electron chi connectivity index (χ3n) is 1.74. The molecule has 0 aromatic carbocycles. The highest BCUT2D eigenvalue weighted by Gasteiger charge is 2.17. The quantitative estimate of drug-likeness (QED) is 0.416. The molecule has 0 fully saturated rings. The first-order chi connectivity index (χ1) is 7.04. The van der Waals surface area contributed by atoms with E-state index in [0.29, 0.717) is 5.69 Å². The number of carbonyl (C=O) groups is 1. The van der Waals surface area contributed by atoms with Crippen LogP contribution in [0, 0.1) is 17.0 Å². The van der Waals surface area contributed by atoms with E-state index < -0.39 is 10.9 Å². The molecule has 0 spiro atoms. The minimum absolute atomic E-state index is 0.104. The van der Waals surface area contributed by atoms with Crippen LogP contribution in [0.15, 0.2) is 6.07 Å². The molecule has 0 saturated carbocycles. The van der Waals surface area contributed by atoms with E-state index in [-0.39, 0.29) is 19.0 Å². The third kappa shape index (κ3) is 2.76. The molecule has 82 valence electrons. The van der Waals surface area contributed by atoms with Gasteiger partial charge in [-0.15, -0.1) is 0 Å². The summed E-state index contributed by atoms with van der Waals surface area (Å²) in [5.41, 5.74) is 0.551. The fourth-order valence-electron chi connectivity index (χ4n) is 1.07. The van der Waals surface area contributed by atoms with Crippen molar-refractivity contribution < 1.29 is 14.5 Å². The predicted octanol–water partition coefficient (Wildman–Crippen LogP) is 0.663. The van der Waals surface area contributed by atoms with E-state index in [4.69, 9.17) is 4.74 Å². The largest absolute Gasteiger partial charge is 0.465 e. The van der Waals surface area contributed by atoms with E-state index >= 15 is 0 Å². The number of rotatable bonds is 4. The van der Waals surface area contributed by atoms with Crippen LogP contribution in [0.5, 0.6) is 0 Å². The van der Waals surface area contributed by atoms with Gasteiger partial charge < -0.3 is 14.9 Å². The lowest BCUT2D eigenvalue weighted by atomic mass is 10.4. The van der Waals surface area contributed by atoms with E-state index in [0.717, 1.165) is 0 Å². The molecule has 1 heterocycles. The van der Waals surface area contributed by atoms with E-state index in [9.17, 15) is 14.9 Å². The number of ether oxygens (including phenoxy) is 1. The first-order valence-corrected chi connectivity index (χ1v) is 4.39. The number of hydrogen-bond acceptors (Lipinski definition) is 5. The lowest BCUT2D eigenvalue weighted by molar-refractivity contribution is -0.389. The second-order valence-electron chi connectivity index (χ2n) is 2.86. The van der Waals surface area contributed by atoms with Crippen molar-refractivity contribution in [1.29, 1.82) is 0 Å². The SMILES string of the molecule is CCOC(=O)Cn1nc([N+](=O)[O-])cc1C. The molecule has 7 heteroatoms. The van der Waals surface area contributed by atoms with Crippen LogP contribution < -0.4 is 0 Å². The summed E-state index contributed by atoms with van der Waals surface area (Å²) in [5.74, 6) is -0.726. The fraction of sp³-hybridized carbons (Fsp3) is 0.500. The topological polar surface area (TPSA) is 87.3 Å². The zero-order chi connectivity index (χ0) is 11.4. The van der Waals surface area contributed by atoms with Crippen LogP contribution in [-0.2, 0) is 16.1 Å². The van der Waals surface area contributed by atoms with Crippen molar-refractivity contribution in [1.82, 2.24) is 9.78 Å². The van der Waals surface area contributed by atoms with Gasteiger partial charge in [0.15, 0.2) is 6.54 Å². The van der Waals surface area contributed by atoms with Crippen molar-refractivity contribution in [2.75, 3.05) is 6.61 Å². The van der Waals surface area contributed by atoms with Crippen molar-refractivity contribution in [2.45, 2.75) is 20.4 Å². The molecular formula is C8H11N3O4. The maximum Gasteiger partial charge on any atom is 0.390 e. The fourth-order valence-corrected chi connectivity index (χ4v) is 1.07. The number of aromatic nitrogens is 2. The smallest absolute Gasteiger partial charge is 0.390 e. The Labute approximate surface area is 85.8 Å². The molecule has 1 aromatic rings. The molecule has 0 amide bonds. The summed E-state index contributed by atoms with van der Waals surface area (Å²) in [4.78, 5) is 20.9. The molecular weight excluding hydrogens is 202 g/mol. The Balaban J connectivity index is 2.77. The molecule has 0 aliphatic carbocycles. The van der Waals surface area contributed by atoms with Crippen molar-refractivity contribution >= 4 is 11.8 Å². The maximum absolute atomic E-state index is 11.1. The van der Waals surface area contributed by atoms with E-state index in [2.05, 4.69) is 5.10 Å². The van der Waals surface area contributed by atoms with E-state index in [1.807, 2.05) is 0 Å². The molecule has 0 aliphatic rings. The van der Waals surface area contributed by atoms with Gasteiger partial charge in [0, 0.05) is 0 Å². The zero-order valence-electron chi connectivity index (χ0n) is 8.47. The second kappa shape index (κ2) is 4.54. The Kier molecular flexibility index (Phi) is 3.37. The monoisotopic (exact) mass is 213 g/mol. The second-order valence-corrected chi connectivity index (χ2v) is 2.86. The molecule has 0 unspecified atom stereocenters. The summed E-state index contributed by atoms with van der Waals surface area (Å²) in [6.07, 6.45) is 0. The Morgan fingerprint density at radius 2 is 2.40 bits per heavy atom. The summed E-state index contributed by atoms with van der Waals surface area (Å²) < 4.78 is 5.95. The van der Waals surface area contributed by atoms with Crippen LogP contribution in [0.4, 0.5) is 5.82 Å². The van der Waals surface area contributed by atoms with Gasteiger partial charge >= 0.3 is 11.8 Å². The third-order valence-corrected chi connectivity index (χ3v) is 1.74. The van der Waals surface area contributed by atoms with Gasteiger partial charge in [0.05, 0.1) is 23.5 Å². The van der Waals surface area contributed by atoms with Gasteiger partial charge in [-0.3, -0.25) is 0 Å². The number of nitrogens with zero attached hydrogens (tertiary/aromatic N) is 3. The normalized spacial score (nSPS) is 10.0. The van der Waals surface area contributed by atoms with Gasteiger partial charge in [-0.1, -0.05) is 0 Å². The Bertz CT molecular complexity index is 385. The van der Waals surface area contributed by atoms with E-state index in [1.165, 1.54) is 10.7 Å². The van der Waals surface area contributed by atoms with Gasteiger partial charge in [-0.2, -0.15) is 4.68 Å². The van der Waals surface area contributed by atoms with Crippen LogP contribution >= 0.6 is 0 Å². The summed E-state index contributed by atoms with van der Waals surface area (Å²) in [5, 5.41) is 14.0. The minimum Gasteiger partial charge on any atom is -0.465 e. The lowest BCUT2D eigenvalue weighted by Gasteiger charge is -1.99. The summed E-state index contributed by atoms with van der Waals surface area (Å²) in [6.45, 7) is 3.50. The number of nitro groups is 1.